The van der Waals surface area contributed by atoms with E-state index in [2.05, 4.69) is 35.0 Å². The third-order valence-electron chi connectivity index (χ3n) is 5.16. The zero-order valence-electron chi connectivity index (χ0n) is 15.4. The third-order valence-corrected chi connectivity index (χ3v) is 5.16. The van der Waals surface area contributed by atoms with Crippen LogP contribution in [0.2, 0.25) is 0 Å². The fourth-order valence-electron chi connectivity index (χ4n) is 3.57. The molecule has 0 atom stereocenters. The Balaban J connectivity index is 1.75. The zero-order valence-corrected chi connectivity index (χ0v) is 15.4. The minimum atomic E-state index is 0.297. The minimum absolute atomic E-state index is 0.297. The van der Waals surface area contributed by atoms with Gasteiger partial charge >= 0.3 is 0 Å². The number of aromatic nitrogens is 3. The van der Waals surface area contributed by atoms with Crippen LogP contribution in [0.15, 0.2) is 30.2 Å². The van der Waals surface area contributed by atoms with Crippen LogP contribution in [-0.4, -0.2) is 27.0 Å². The molecule has 4 N–H and O–H groups in total. The highest BCUT2D eigenvalue weighted by Gasteiger charge is 2.33. The first-order valence-electron chi connectivity index (χ1n) is 9.35. The summed E-state index contributed by atoms with van der Waals surface area (Å²) in [4.78, 5) is 4.63. The first-order chi connectivity index (χ1) is 12.6. The summed E-state index contributed by atoms with van der Waals surface area (Å²) in [5, 5.41) is 16.3. The van der Waals surface area contributed by atoms with Gasteiger partial charge in [-0.3, -0.25) is 9.67 Å². The number of hydrogen-bond donors (Lipinski definition) is 3. The fraction of sp³-hybridized carbons (Fsp3) is 0.450. The van der Waals surface area contributed by atoms with Crippen molar-refractivity contribution in [2.45, 2.75) is 57.5 Å². The summed E-state index contributed by atoms with van der Waals surface area (Å²) >= 11 is 0. The van der Waals surface area contributed by atoms with Crippen molar-refractivity contribution < 1.29 is 0 Å². The maximum absolute atomic E-state index is 7.95. The topological polar surface area (TPSA) is 92.6 Å². The quantitative estimate of drug-likeness (QED) is 0.691. The summed E-state index contributed by atoms with van der Waals surface area (Å²) in [6.45, 7) is 4.20. The number of nitrogens with one attached hydrogen (secondary N) is 2. The third kappa shape index (κ3) is 3.00. The molecule has 2 saturated carbocycles. The molecule has 2 aromatic rings. The zero-order chi connectivity index (χ0) is 18.3. The molecule has 0 unspecified atom stereocenters. The average molecular weight is 350 g/mol. The highest BCUT2D eigenvalue weighted by Crippen LogP contribution is 2.46. The van der Waals surface area contributed by atoms with E-state index < -0.39 is 0 Å². The maximum atomic E-state index is 7.95. The van der Waals surface area contributed by atoms with E-state index in [1.165, 1.54) is 24.6 Å². The predicted octanol–water partition coefficient (Wildman–Crippen LogP) is 3.82. The molecule has 4 rings (SSSR count). The summed E-state index contributed by atoms with van der Waals surface area (Å²) in [6, 6.07) is 2.62. The minimum Gasteiger partial charge on any atom is -0.405 e. The molecule has 0 spiro atoms. The molecule has 136 valence electrons. The Labute approximate surface area is 154 Å². The van der Waals surface area contributed by atoms with Crippen molar-refractivity contribution in [1.82, 2.24) is 14.8 Å². The van der Waals surface area contributed by atoms with Crippen LogP contribution in [-0.2, 0) is 0 Å². The van der Waals surface area contributed by atoms with E-state index in [4.69, 9.17) is 16.2 Å². The number of rotatable bonds is 6. The Morgan fingerprint density at radius 2 is 2.12 bits per heavy atom. The fourth-order valence-corrected chi connectivity index (χ4v) is 3.57. The van der Waals surface area contributed by atoms with Crippen LogP contribution >= 0.6 is 0 Å². The Morgan fingerprint density at radius 3 is 2.73 bits per heavy atom. The standard InChI is InChI=1S/C20H26N6/c1-12(2)24-18-5-6-23-20(16(18)10-22)17-11-26(15-7-13(8-15)9-21)25-19(17)14-3-4-14/h5-6,9-12,14-15,22H,3-4,7-8,21H2,1-2H3,(H,23,24). The lowest BCUT2D eigenvalue weighted by Gasteiger charge is -2.29. The molecule has 2 aromatic heterocycles. The van der Waals surface area contributed by atoms with E-state index in [9.17, 15) is 0 Å². The summed E-state index contributed by atoms with van der Waals surface area (Å²) in [5.74, 6) is 0.526. The van der Waals surface area contributed by atoms with Crippen LogP contribution in [0.3, 0.4) is 0 Å². The number of pyridine rings is 1. The largest absolute Gasteiger partial charge is 0.405 e. The highest BCUT2D eigenvalue weighted by molar-refractivity contribution is 5.94. The Bertz CT molecular complexity index is 851. The lowest BCUT2D eigenvalue weighted by atomic mass is 9.87. The second-order valence-corrected chi connectivity index (χ2v) is 7.63. The van der Waals surface area contributed by atoms with Crippen molar-refractivity contribution in [2.75, 3.05) is 5.32 Å². The van der Waals surface area contributed by atoms with Crippen molar-refractivity contribution in [3.63, 3.8) is 0 Å². The van der Waals surface area contributed by atoms with Gasteiger partial charge in [-0.2, -0.15) is 5.10 Å². The van der Waals surface area contributed by atoms with E-state index in [1.807, 2.05) is 12.3 Å². The van der Waals surface area contributed by atoms with Crippen LogP contribution < -0.4 is 11.1 Å². The van der Waals surface area contributed by atoms with Crippen molar-refractivity contribution in [2.24, 2.45) is 5.73 Å². The Morgan fingerprint density at radius 1 is 1.35 bits per heavy atom. The molecule has 2 heterocycles. The molecular weight excluding hydrogens is 324 g/mol. The van der Waals surface area contributed by atoms with Gasteiger partial charge in [-0.25, -0.2) is 0 Å². The van der Waals surface area contributed by atoms with E-state index >= 15 is 0 Å². The van der Waals surface area contributed by atoms with E-state index in [0.717, 1.165) is 41.0 Å². The van der Waals surface area contributed by atoms with Crippen LogP contribution in [0.5, 0.6) is 0 Å². The monoisotopic (exact) mass is 350 g/mol. The molecule has 2 aliphatic carbocycles. The number of allylic oxidation sites excluding steroid dienone is 1. The number of hydrogen-bond acceptors (Lipinski definition) is 5. The normalized spacial score (nSPS) is 19.3. The molecule has 2 aliphatic rings. The lowest BCUT2D eigenvalue weighted by Crippen LogP contribution is -2.21. The SMILES string of the molecule is CC(C)Nc1ccnc(-c2cn(C3CC(=CN)C3)nc2C2CC2)c1C=N. The van der Waals surface area contributed by atoms with Crippen LogP contribution in [0.1, 0.15) is 62.7 Å². The van der Waals surface area contributed by atoms with Gasteiger partial charge in [0, 0.05) is 47.4 Å². The van der Waals surface area contributed by atoms with Gasteiger partial charge in [-0.15, -0.1) is 0 Å². The van der Waals surface area contributed by atoms with Gasteiger partial charge in [-0.05, 0) is 51.8 Å². The lowest BCUT2D eigenvalue weighted by molar-refractivity contribution is 0.368. The second kappa shape index (κ2) is 6.59. The molecule has 2 fully saturated rings. The van der Waals surface area contributed by atoms with Gasteiger partial charge in [0.2, 0.25) is 0 Å². The Hall–Kier alpha value is -2.63. The Kier molecular flexibility index (Phi) is 4.26. The van der Waals surface area contributed by atoms with Gasteiger partial charge in [0.25, 0.3) is 0 Å². The average Bonchev–Trinajstić information content (AvgIpc) is 3.33. The maximum Gasteiger partial charge on any atom is 0.0844 e. The van der Waals surface area contributed by atoms with Gasteiger partial charge in [0.1, 0.15) is 0 Å². The van der Waals surface area contributed by atoms with Crippen molar-refractivity contribution >= 4 is 11.9 Å². The smallest absolute Gasteiger partial charge is 0.0844 e. The summed E-state index contributed by atoms with van der Waals surface area (Å²) in [5.41, 5.74) is 11.8. The molecule has 0 saturated heterocycles. The molecule has 0 bridgehead atoms. The molecule has 0 amide bonds. The van der Waals surface area contributed by atoms with Crippen LogP contribution in [0.4, 0.5) is 5.69 Å². The first kappa shape index (κ1) is 16.8. The van der Waals surface area contributed by atoms with Crippen molar-refractivity contribution in [3.05, 3.63) is 41.5 Å². The summed E-state index contributed by atoms with van der Waals surface area (Å²) < 4.78 is 2.09. The second-order valence-electron chi connectivity index (χ2n) is 7.63. The van der Waals surface area contributed by atoms with Crippen LogP contribution in [0, 0.1) is 5.41 Å². The molecule has 0 aromatic carbocycles. The van der Waals surface area contributed by atoms with E-state index in [1.54, 1.807) is 6.20 Å². The van der Waals surface area contributed by atoms with E-state index in [-0.39, 0.29) is 0 Å². The number of anilines is 1. The highest BCUT2D eigenvalue weighted by atomic mass is 15.3. The molecule has 6 nitrogen and oxygen atoms in total. The van der Waals surface area contributed by atoms with Gasteiger partial charge in [-0.1, -0.05) is 5.57 Å². The molecule has 0 aliphatic heterocycles. The number of nitrogens with two attached hydrogens (primary N) is 1. The molecular formula is C20H26N6. The molecule has 0 radical (unpaired) electrons. The van der Waals surface area contributed by atoms with Crippen molar-refractivity contribution in [3.8, 4) is 11.3 Å². The van der Waals surface area contributed by atoms with Crippen molar-refractivity contribution in [1.29, 1.82) is 5.41 Å². The predicted molar refractivity (Wildman–Crippen MR) is 105 cm³/mol. The molecule has 6 heteroatoms. The number of nitrogens with zero attached hydrogens (tertiary/aromatic N) is 3. The first-order valence-corrected chi connectivity index (χ1v) is 9.35. The molecule has 26 heavy (non-hydrogen) atoms. The van der Waals surface area contributed by atoms with Gasteiger partial charge in [0.05, 0.1) is 17.4 Å². The summed E-state index contributed by atoms with van der Waals surface area (Å²) in [6.07, 6.45) is 11.4. The van der Waals surface area contributed by atoms with Gasteiger partial charge in [0.15, 0.2) is 0 Å². The van der Waals surface area contributed by atoms with Gasteiger partial charge < -0.3 is 16.5 Å². The summed E-state index contributed by atoms with van der Waals surface area (Å²) in [7, 11) is 0. The van der Waals surface area contributed by atoms with Crippen LogP contribution in [0.25, 0.3) is 11.3 Å². The van der Waals surface area contributed by atoms with E-state index in [0.29, 0.717) is 18.0 Å².